The third-order valence-electron chi connectivity index (χ3n) is 4.59. The molecule has 1 atom stereocenters. The number of nitrogens with one attached hydrogen (secondary N) is 2. The van der Waals surface area contributed by atoms with Gasteiger partial charge in [0.1, 0.15) is 11.8 Å². The van der Waals surface area contributed by atoms with Crippen LogP contribution in [0, 0.1) is 5.92 Å². The van der Waals surface area contributed by atoms with E-state index in [1.807, 2.05) is 0 Å². The van der Waals surface area contributed by atoms with Crippen molar-refractivity contribution in [2.45, 2.75) is 38.3 Å². The molecule has 8 nitrogen and oxygen atoms in total. The smallest absolute Gasteiger partial charge is 0.325 e. The number of carbonyl (C=O) groups excluding carboxylic acids is 3. The van der Waals surface area contributed by atoms with E-state index in [1.165, 1.54) is 6.26 Å². The van der Waals surface area contributed by atoms with Gasteiger partial charge in [0.15, 0.2) is 0 Å². The molecule has 1 aromatic heterocycles. The molecular weight excluding hydrogens is 326 g/mol. The van der Waals surface area contributed by atoms with Crippen LogP contribution in [0.5, 0.6) is 0 Å². The molecule has 3 rings (SSSR count). The van der Waals surface area contributed by atoms with Gasteiger partial charge in [-0.15, -0.1) is 0 Å². The van der Waals surface area contributed by atoms with Gasteiger partial charge in [-0.1, -0.05) is 0 Å². The predicted molar refractivity (Wildman–Crippen MR) is 87.4 cm³/mol. The highest BCUT2D eigenvalue weighted by Crippen LogP contribution is 2.16. The van der Waals surface area contributed by atoms with Crippen LogP contribution < -0.4 is 10.6 Å². The average Bonchev–Trinajstić information content (AvgIpc) is 3.23. The van der Waals surface area contributed by atoms with Crippen LogP contribution in [0.4, 0.5) is 4.79 Å². The summed E-state index contributed by atoms with van der Waals surface area (Å²) in [6.07, 6.45) is 3.90. The second-order valence-electron chi connectivity index (χ2n) is 6.40. The van der Waals surface area contributed by atoms with Crippen molar-refractivity contribution in [1.82, 2.24) is 15.5 Å². The lowest BCUT2D eigenvalue weighted by Crippen LogP contribution is -2.35. The molecule has 2 aliphatic heterocycles. The maximum Gasteiger partial charge on any atom is 0.325 e. The number of nitrogens with zero attached hydrogens (tertiary/aromatic N) is 1. The van der Waals surface area contributed by atoms with Crippen LogP contribution in [0.2, 0.25) is 0 Å². The number of urea groups is 1. The number of furan rings is 1. The maximum atomic E-state index is 12.3. The molecule has 0 spiro atoms. The summed E-state index contributed by atoms with van der Waals surface area (Å²) in [6, 6.07) is 2.30. The van der Waals surface area contributed by atoms with Gasteiger partial charge in [0.05, 0.1) is 12.8 Å². The van der Waals surface area contributed by atoms with E-state index in [9.17, 15) is 14.4 Å². The molecule has 2 fully saturated rings. The van der Waals surface area contributed by atoms with E-state index in [4.69, 9.17) is 9.15 Å². The Morgan fingerprint density at radius 3 is 2.84 bits per heavy atom. The third kappa shape index (κ3) is 4.60. The fraction of sp³-hybridized carbons (Fsp3) is 0.588. The van der Waals surface area contributed by atoms with Crippen LogP contribution in [-0.4, -0.2) is 48.5 Å². The van der Waals surface area contributed by atoms with Crippen molar-refractivity contribution < 1.29 is 23.5 Å². The van der Waals surface area contributed by atoms with Crippen molar-refractivity contribution in [2.24, 2.45) is 5.92 Å². The summed E-state index contributed by atoms with van der Waals surface area (Å²) in [5.41, 5.74) is 0. The number of hydrogen-bond donors (Lipinski definition) is 2. The van der Waals surface area contributed by atoms with Crippen molar-refractivity contribution in [3.63, 3.8) is 0 Å². The van der Waals surface area contributed by atoms with E-state index < -0.39 is 12.1 Å². The van der Waals surface area contributed by atoms with Crippen LogP contribution in [0.25, 0.3) is 0 Å². The molecule has 4 amide bonds. The Morgan fingerprint density at radius 2 is 2.12 bits per heavy atom. The topological polar surface area (TPSA) is 101 Å². The molecule has 2 aliphatic rings. The highest BCUT2D eigenvalue weighted by atomic mass is 16.5. The molecular formula is C17H23N3O5. The van der Waals surface area contributed by atoms with Gasteiger partial charge < -0.3 is 19.8 Å². The minimum Gasteiger partial charge on any atom is -0.467 e. The Morgan fingerprint density at radius 1 is 1.32 bits per heavy atom. The van der Waals surface area contributed by atoms with Crippen LogP contribution in [0.3, 0.4) is 0 Å². The van der Waals surface area contributed by atoms with Crippen molar-refractivity contribution in [1.29, 1.82) is 0 Å². The zero-order valence-corrected chi connectivity index (χ0v) is 14.0. The summed E-state index contributed by atoms with van der Waals surface area (Å²) in [5.74, 6) is 0.573. The molecule has 2 saturated heterocycles. The first-order valence-corrected chi connectivity index (χ1v) is 8.62. The second kappa shape index (κ2) is 8.15. The number of carbonyl (C=O) groups is 3. The fourth-order valence-electron chi connectivity index (χ4n) is 3.05. The normalized spacial score (nSPS) is 21.4. The van der Waals surface area contributed by atoms with Gasteiger partial charge in [0.2, 0.25) is 5.91 Å². The zero-order chi connectivity index (χ0) is 17.6. The average molecular weight is 349 g/mol. The predicted octanol–water partition coefficient (Wildman–Crippen LogP) is 1.02. The van der Waals surface area contributed by atoms with E-state index in [1.54, 1.807) is 12.1 Å². The molecule has 136 valence electrons. The largest absolute Gasteiger partial charge is 0.467 e. The molecule has 0 aromatic carbocycles. The van der Waals surface area contributed by atoms with E-state index in [2.05, 4.69) is 10.6 Å². The first-order valence-electron chi connectivity index (χ1n) is 8.62. The SMILES string of the molecule is O=C(CCC1NC(=O)N(Cc2ccco2)C1=O)NCC1CCOCC1. The second-order valence-corrected chi connectivity index (χ2v) is 6.40. The first kappa shape index (κ1) is 17.5. The van der Waals surface area contributed by atoms with E-state index in [0.717, 1.165) is 31.0 Å². The Bertz CT molecular complexity index is 610. The van der Waals surface area contributed by atoms with E-state index in [0.29, 0.717) is 24.6 Å². The Labute approximate surface area is 145 Å². The molecule has 2 N–H and O–H groups in total. The lowest BCUT2D eigenvalue weighted by Gasteiger charge is -2.22. The van der Waals surface area contributed by atoms with Crippen LogP contribution in [0.15, 0.2) is 22.8 Å². The third-order valence-corrected chi connectivity index (χ3v) is 4.59. The van der Waals surface area contributed by atoms with Gasteiger partial charge in [-0.3, -0.25) is 14.5 Å². The number of ether oxygens (including phenoxy) is 1. The van der Waals surface area contributed by atoms with Crippen LogP contribution in [0.1, 0.15) is 31.4 Å². The number of hydrogen-bond acceptors (Lipinski definition) is 5. The van der Waals surface area contributed by atoms with Crippen LogP contribution in [-0.2, 0) is 20.9 Å². The van der Waals surface area contributed by atoms with E-state index in [-0.39, 0.29) is 24.8 Å². The fourth-order valence-corrected chi connectivity index (χ4v) is 3.05. The minimum atomic E-state index is -0.656. The summed E-state index contributed by atoms with van der Waals surface area (Å²) in [7, 11) is 0. The summed E-state index contributed by atoms with van der Waals surface area (Å²) >= 11 is 0. The lowest BCUT2D eigenvalue weighted by atomic mass is 10.0. The monoisotopic (exact) mass is 349 g/mol. The van der Waals surface area contributed by atoms with Gasteiger partial charge >= 0.3 is 6.03 Å². The van der Waals surface area contributed by atoms with E-state index >= 15 is 0 Å². The highest BCUT2D eigenvalue weighted by Gasteiger charge is 2.38. The molecule has 0 saturated carbocycles. The molecule has 8 heteroatoms. The Balaban J connectivity index is 1.41. The maximum absolute atomic E-state index is 12.3. The van der Waals surface area contributed by atoms with Gasteiger partial charge in [0.25, 0.3) is 5.91 Å². The number of imide groups is 1. The van der Waals surface area contributed by atoms with Gasteiger partial charge in [-0.2, -0.15) is 0 Å². The summed E-state index contributed by atoms with van der Waals surface area (Å²) in [6.45, 7) is 2.23. The quantitative estimate of drug-likeness (QED) is 0.716. The van der Waals surface area contributed by atoms with Gasteiger partial charge in [-0.25, -0.2) is 4.79 Å². The summed E-state index contributed by atoms with van der Waals surface area (Å²) < 4.78 is 10.5. The Hall–Kier alpha value is -2.35. The highest BCUT2D eigenvalue weighted by molar-refractivity contribution is 6.04. The molecule has 0 aliphatic carbocycles. The van der Waals surface area contributed by atoms with Gasteiger partial charge in [-0.05, 0) is 37.3 Å². The summed E-state index contributed by atoms with van der Waals surface area (Å²) in [5, 5.41) is 5.53. The standard InChI is InChI=1S/C17H23N3O5/c21-15(18-10-12-5-8-24-9-6-12)4-3-14-16(22)20(17(23)19-14)11-13-2-1-7-25-13/h1-2,7,12,14H,3-6,8-11H2,(H,18,21)(H,19,23). The van der Waals surface area contributed by atoms with Crippen molar-refractivity contribution >= 4 is 17.8 Å². The van der Waals surface area contributed by atoms with Crippen LogP contribution >= 0.6 is 0 Å². The molecule has 3 heterocycles. The number of amides is 4. The molecule has 1 unspecified atom stereocenters. The zero-order valence-electron chi connectivity index (χ0n) is 14.0. The van der Waals surface area contributed by atoms with Crippen molar-refractivity contribution in [3.05, 3.63) is 24.2 Å². The molecule has 1 aromatic rings. The van der Waals surface area contributed by atoms with Gasteiger partial charge in [0, 0.05) is 26.2 Å². The molecule has 25 heavy (non-hydrogen) atoms. The molecule has 0 radical (unpaired) electrons. The van der Waals surface area contributed by atoms with Crippen molar-refractivity contribution in [3.8, 4) is 0 Å². The molecule has 0 bridgehead atoms. The lowest BCUT2D eigenvalue weighted by molar-refractivity contribution is -0.128. The van der Waals surface area contributed by atoms with Crippen molar-refractivity contribution in [2.75, 3.05) is 19.8 Å². The minimum absolute atomic E-state index is 0.0991. The Kier molecular flexibility index (Phi) is 5.70. The first-order chi connectivity index (χ1) is 12.1. The summed E-state index contributed by atoms with van der Waals surface area (Å²) in [4.78, 5) is 37.3. The number of rotatable bonds is 7.